The number of halogens is 2. The summed E-state index contributed by atoms with van der Waals surface area (Å²) in [5.41, 5.74) is -0.844. The monoisotopic (exact) mass is 284 g/mol. The number of benzene rings is 1. The predicted molar refractivity (Wildman–Crippen MR) is 67.3 cm³/mol. The number of aliphatic carboxylic acids is 1. The Balaban J connectivity index is 2.03. The summed E-state index contributed by atoms with van der Waals surface area (Å²) < 4.78 is 25.8. The molecule has 20 heavy (non-hydrogen) atoms. The molecule has 2 N–H and O–H groups in total. The Labute approximate surface area is 114 Å². The normalized spacial score (nSPS) is 21.9. The Morgan fingerprint density at radius 1 is 1.35 bits per heavy atom. The molecule has 0 saturated carbocycles. The van der Waals surface area contributed by atoms with Crippen molar-refractivity contribution in [3.05, 3.63) is 29.8 Å². The SMILES string of the molecule is CC1(C(=O)O)CCN(C(=O)Nc2ccc(F)c(F)c2)C1. The lowest BCUT2D eigenvalue weighted by molar-refractivity contribution is -0.146. The third-order valence-corrected chi connectivity index (χ3v) is 3.45. The van der Waals surface area contributed by atoms with Crippen molar-refractivity contribution in [2.75, 3.05) is 18.4 Å². The van der Waals surface area contributed by atoms with Crippen LogP contribution in [0.1, 0.15) is 13.3 Å². The standard InChI is InChI=1S/C13H14F2N2O3/c1-13(11(18)19)4-5-17(7-13)12(20)16-8-2-3-9(14)10(15)6-8/h2-3,6H,4-5,7H2,1H3,(H,16,20)(H,18,19). The summed E-state index contributed by atoms with van der Waals surface area (Å²) in [6.07, 6.45) is 0.355. The predicted octanol–water partition coefficient (Wildman–Crippen LogP) is 2.29. The minimum absolute atomic E-state index is 0.0812. The molecule has 1 heterocycles. The summed E-state index contributed by atoms with van der Waals surface area (Å²) in [6, 6.07) is 2.50. The fourth-order valence-corrected chi connectivity index (χ4v) is 2.09. The highest BCUT2D eigenvalue weighted by Crippen LogP contribution is 2.30. The van der Waals surface area contributed by atoms with Gasteiger partial charge in [0.05, 0.1) is 5.41 Å². The second-order valence-corrected chi connectivity index (χ2v) is 5.10. The molecule has 1 aliphatic rings. The van der Waals surface area contributed by atoms with E-state index in [4.69, 9.17) is 5.11 Å². The van der Waals surface area contributed by atoms with Crippen LogP contribution in [0.2, 0.25) is 0 Å². The number of hydrogen-bond donors (Lipinski definition) is 2. The van der Waals surface area contributed by atoms with Gasteiger partial charge in [0, 0.05) is 24.8 Å². The number of nitrogens with zero attached hydrogens (tertiary/aromatic N) is 1. The van der Waals surface area contributed by atoms with Gasteiger partial charge in [-0.25, -0.2) is 13.6 Å². The van der Waals surface area contributed by atoms with Crippen LogP contribution in [0.3, 0.4) is 0 Å². The summed E-state index contributed by atoms with van der Waals surface area (Å²) in [4.78, 5) is 24.4. The van der Waals surface area contributed by atoms with Gasteiger partial charge in [0.2, 0.25) is 0 Å². The van der Waals surface area contributed by atoms with Crippen molar-refractivity contribution in [3.63, 3.8) is 0 Å². The van der Waals surface area contributed by atoms with Crippen LogP contribution in [-0.2, 0) is 4.79 Å². The molecule has 2 rings (SSSR count). The molecule has 0 spiro atoms. The van der Waals surface area contributed by atoms with Crippen LogP contribution in [0.15, 0.2) is 18.2 Å². The van der Waals surface area contributed by atoms with E-state index in [0.29, 0.717) is 13.0 Å². The highest BCUT2D eigenvalue weighted by molar-refractivity contribution is 5.90. The largest absolute Gasteiger partial charge is 0.481 e. The van der Waals surface area contributed by atoms with Crippen LogP contribution in [0.5, 0.6) is 0 Å². The van der Waals surface area contributed by atoms with E-state index in [-0.39, 0.29) is 12.2 Å². The summed E-state index contributed by atoms with van der Waals surface area (Å²) in [6.45, 7) is 1.95. The van der Waals surface area contributed by atoms with Crippen molar-refractivity contribution in [1.82, 2.24) is 4.90 Å². The van der Waals surface area contributed by atoms with Crippen LogP contribution in [0, 0.1) is 17.0 Å². The lowest BCUT2D eigenvalue weighted by Crippen LogP contribution is -2.37. The average molecular weight is 284 g/mol. The van der Waals surface area contributed by atoms with Crippen molar-refractivity contribution in [2.45, 2.75) is 13.3 Å². The number of anilines is 1. The lowest BCUT2D eigenvalue weighted by Gasteiger charge is -2.20. The summed E-state index contributed by atoms with van der Waals surface area (Å²) in [5.74, 6) is -3.01. The molecule has 1 aromatic rings. The average Bonchev–Trinajstić information content (AvgIpc) is 2.78. The number of amides is 2. The van der Waals surface area contributed by atoms with Gasteiger partial charge in [-0.1, -0.05) is 0 Å². The maximum atomic E-state index is 13.0. The molecule has 0 aromatic heterocycles. The number of likely N-dealkylation sites (tertiary alicyclic amines) is 1. The topological polar surface area (TPSA) is 69.6 Å². The molecule has 0 bridgehead atoms. The van der Waals surface area contributed by atoms with Crippen molar-refractivity contribution >= 4 is 17.7 Å². The zero-order chi connectivity index (χ0) is 14.9. The van der Waals surface area contributed by atoms with Crippen LogP contribution in [0.4, 0.5) is 19.3 Å². The molecule has 108 valence electrons. The third-order valence-electron chi connectivity index (χ3n) is 3.45. The second-order valence-electron chi connectivity index (χ2n) is 5.10. The Bertz CT molecular complexity index is 565. The number of hydrogen-bond acceptors (Lipinski definition) is 2. The van der Waals surface area contributed by atoms with E-state index in [1.807, 2.05) is 0 Å². The zero-order valence-corrected chi connectivity index (χ0v) is 10.8. The highest BCUT2D eigenvalue weighted by atomic mass is 19.2. The molecule has 0 radical (unpaired) electrons. The molecular formula is C13H14F2N2O3. The smallest absolute Gasteiger partial charge is 0.321 e. The molecule has 5 nitrogen and oxygen atoms in total. The number of carboxylic acid groups (broad SMARTS) is 1. The number of nitrogens with one attached hydrogen (secondary N) is 1. The Morgan fingerprint density at radius 3 is 2.60 bits per heavy atom. The third kappa shape index (κ3) is 2.71. The van der Waals surface area contributed by atoms with E-state index in [9.17, 15) is 18.4 Å². The maximum absolute atomic E-state index is 13.0. The fourth-order valence-electron chi connectivity index (χ4n) is 2.09. The molecule has 2 amide bonds. The van der Waals surface area contributed by atoms with Crippen LogP contribution < -0.4 is 5.32 Å². The highest BCUT2D eigenvalue weighted by Gasteiger charge is 2.42. The van der Waals surface area contributed by atoms with Crippen molar-refractivity contribution in [2.24, 2.45) is 5.41 Å². The summed E-state index contributed by atoms with van der Waals surface area (Å²) in [7, 11) is 0. The van der Waals surface area contributed by atoms with Gasteiger partial charge in [0.25, 0.3) is 0 Å². The van der Waals surface area contributed by atoms with Crippen molar-refractivity contribution < 1.29 is 23.5 Å². The quantitative estimate of drug-likeness (QED) is 0.875. The first-order chi connectivity index (χ1) is 9.32. The number of carbonyl (C=O) groups excluding carboxylic acids is 1. The van der Waals surface area contributed by atoms with Crippen LogP contribution >= 0.6 is 0 Å². The van der Waals surface area contributed by atoms with Gasteiger partial charge in [-0.15, -0.1) is 0 Å². The van der Waals surface area contributed by atoms with Crippen LogP contribution in [-0.4, -0.2) is 35.1 Å². The first kappa shape index (κ1) is 14.2. The maximum Gasteiger partial charge on any atom is 0.321 e. The number of carboxylic acids is 1. The Hall–Kier alpha value is -2.18. The minimum atomic E-state index is -1.06. The first-order valence-corrected chi connectivity index (χ1v) is 6.06. The molecule has 1 atom stereocenters. The molecule has 1 fully saturated rings. The lowest BCUT2D eigenvalue weighted by atomic mass is 9.90. The van der Waals surface area contributed by atoms with Gasteiger partial charge in [-0.2, -0.15) is 0 Å². The van der Waals surface area contributed by atoms with Gasteiger partial charge in [-0.05, 0) is 25.5 Å². The van der Waals surface area contributed by atoms with E-state index >= 15 is 0 Å². The number of urea groups is 1. The van der Waals surface area contributed by atoms with Crippen molar-refractivity contribution in [1.29, 1.82) is 0 Å². The van der Waals surface area contributed by atoms with Crippen molar-refractivity contribution in [3.8, 4) is 0 Å². The Kier molecular flexibility index (Phi) is 3.61. The van der Waals surface area contributed by atoms with E-state index < -0.39 is 29.0 Å². The van der Waals surface area contributed by atoms with E-state index in [0.717, 1.165) is 12.1 Å². The van der Waals surface area contributed by atoms with Crippen LogP contribution in [0.25, 0.3) is 0 Å². The molecule has 7 heteroatoms. The van der Waals surface area contributed by atoms with Gasteiger partial charge in [-0.3, -0.25) is 4.79 Å². The number of carbonyl (C=O) groups is 2. The molecule has 1 unspecified atom stereocenters. The molecule has 0 aliphatic carbocycles. The van der Waals surface area contributed by atoms with Gasteiger partial charge >= 0.3 is 12.0 Å². The minimum Gasteiger partial charge on any atom is -0.481 e. The van der Waals surface area contributed by atoms with E-state index in [1.165, 1.54) is 11.0 Å². The van der Waals surface area contributed by atoms with Gasteiger partial charge in [0.15, 0.2) is 11.6 Å². The van der Waals surface area contributed by atoms with E-state index in [1.54, 1.807) is 6.92 Å². The Morgan fingerprint density at radius 2 is 2.05 bits per heavy atom. The summed E-state index contributed by atoms with van der Waals surface area (Å²) in [5, 5.41) is 11.5. The van der Waals surface area contributed by atoms with E-state index in [2.05, 4.69) is 5.32 Å². The molecular weight excluding hydrogens is 270 g/mol. The molecule has 1 aromatic carbocycles. The van der Waals surface area contributed by atoms with Gasteiger partial charge < -0.3 is 15.3 Å². The fraction of sp³-hybridized carbons (Fsp3) is 0.385. The first-order valence-electron chi connectivity index (χ1n) is 6.06. The molecule has 1 aliphatic heterocycles. The second kappa shape index (κ2) is 5.07. The van der Waals surface area contributed by atoms with Gasteiger partial charge in [0.1, 0.15) is 0 Å². The number of rotatable bonds is 2. The molecule has 1 saturated heterocycles. The zero-order valence-electron chi connectivity index (χ0n) is 10.8. The summed E-state index contributed by atoms with van der Waals surface area (Å²) >= 11 is 0.